The van der Waals surface area contributed by atoms with Gasteiger partial charge in [-0.1, -0.05) is 0 Å². The first kappa shape index (κ1) is 7.15. The first-order chi connectivity index (χ1) is 4.72. The van der Waals surface area contributed by atoms with Gasteiger partial charge in [0.05, 0.1) is 11.8 Å². The molecule has 0 unspecified atom stereocenters. The minimum atomic E-state index is -0.806. The number of pyridine rings is 1. The van der Waals surface area contributed by atoms with Crippen LogP contribution in [0.15, 0.2) is 18.5 Å². The largest absolute Gasteiger partial charge is 0.275 e. The summed E-state index contributed by atoms with van der Waals surface area (Å²) in [7, 11) is 0. The van der Waals surface area contributed by atoms with Crippen molar-refractivity contribution in [3.05, 3.63) is 29.8 Å². The lowest BCUT2D eigenvalue weighted by Crippen LogP contribution is -1.93. The Bertz CT molecular complexity index is 264. The van der Waals surface area contributed by atoms with E-state index in [2.05, 4.69) is 4.98 Å². The van der Waals surface area contributed by atoms with E-state index in [0.717, 1.165) is 6.20 Å². The van der Waals surface area contributed by atoms with Gasteiger partial charge in [0.25, 0.3) is 5.24 Å². The van der Waals surface area contributed by atoms with Crippen LogP contribution in [0, 0.1) is 5.82 Å². The lowest BCUT2D eigenvalue weighted by atomic mass is 10.3. The highest BCUT2D eigenvalue weighted by Crippen LogP contribution is 2.06. The summed E-state index contributed by atoms with van der Waals surface area (Å²) in [6.45, 7) is 0. The van der Waals surface area contributed by atoms with E-state index in [4.69, 9.17) is 11.6 Å². The van der Waals surface area contributed by atoms with Crippen molar-refractivity contribution in [3.63, 3.8) is 0 Å². The fraction of sp³-hybridized carbons (Fsp3) is 0. The molecule has 0 fully saturated rings. The Morgan fingerprint density at radius 3 is 2.80 bits per heavy atom. The molecule has 1 rings (SSSR count). The van der Waals surface area contributed by atoms with Crippen molar-refractivity contribution in [2.45, 2.75) is 0 Å². The van der Waals surface area contributed by atoms with Crippen LogP contribution in [0.1, 0.15) is 10.4 Å². The zero-order chi connectivity index (χ0) is 7.56. The summed E-state index contributed by atoms with van der Waals surface area (Å²) in [5.41, 5.74) is -0.142. The van der Waals surface area contributed by atoms with Crippen LogP contribution in [-0.4, -0.2) is 10.2 Å². The molecule has 0 atom stereocenters. The second-order valence-corrected chi connectivity index (χ2v) is 1.97. The zero-order valence-electron chi connectivity index (χ0n) is 4.84. The molecular weight excluding hydrogens is 157 g/mol. The number of hydrogen-bond acceptors (Lipinski definition) is 2. The second kappa shape index (κ2) is 2.75. The summed E-state index contributed by atoms with van der Waals surface area (Å²) in [6, 6.07) is 1.23. The molecule has 52 valence electrons. The Kier molecular flexibility index (Phi) is 1.97. The minimum Gasteiger partial charge on any atom is -0.275 e. The van der Waals surface area contributed by atoms with E-state index in [1.165, 1.54) is 12.3 Å². The average molecular weight is 160 g/mol. The monoisotopic (exact) mass is 159 g/mol. The molecule has 4 heteroatoms. The second-order valence-electron chi connectivity index (χ2n) is 1.63. The summed E-state index contributed by atoms with van der Waals surface area (Å²) in [6.07, 6.45) is 2.24. The van der Waals surface area contributed by atoms with Gasteiger partial charge in [0, 0.05) is 6.20 Å². The van der Waals surface area contributed by atoms with Crippen molar-refractivity contribution < 1.29 is 9.18 Å². The molecule has 0 amide bonds. The van der Waals surface area contributed by atoms with Crippen LogP contribution in [-0.2, 0) is 0 Å². The number of nitrogens with zero attached hydrogens (tertiary/aromatic N) is 1. The summed E-state index contributed by atoms with van der Waals surface area (Å²) < 4.78 is 12.5. The third kappa shape index (κ3) is 1.30. The van der Waals surface area contributed by atoms with Gasteiger partial charge in [0.15, 0.2) is 5.82 Å². The molecule has 0 bridgehead atoms. The molecule has 2 nitrogen and oxygen atoms in total. The van der Waals surface area contributed by atoms with Crippen molar-refractivity contribution in [2.75, 3.05) is 0 Å². The van der Waals surface area contributed by atoms with Crippen LogP contribution in [0.4, 0.5) is 4.39 Å². The minimum absolute atomic E-state index is 0.142. The van der Waals surface area contributed by atoms with Crippen molar-refractivity contribution in [2.24, 2.45) is 0 Å². The van der Waals surface area contributed by atoms with Gasteiger partial charge >= 0.3 is 0 Å². The molecule has 0 aliphatic rings. The van der Waals surface area contributed by atoms with E-state index in [0.29, 0.717) is 0 Å². The van der Waals surface area contributed by atoms with Crippen molar-refractivity contribution in [3.8, 4) is 0 Å². The SMILES string of the molecule is O=C(Cl)c1ccncc1F. The lowest BCUT2D eigenvalue weighted by molar-refractivity contribution is 0.107. The molecule has 0 aliphatic carbocycles. The molecule has 0 aliphatic heterocycles. The van der Waals surface area contributed by atoms with E-state index in [1.807, 2.05) is 0 Å². The number of halogens is 2. The maximum atomic E-state index is 12.5. The van der Waals surface area contributed by atoms with Crippen molar-refractivity contribution in [1.29, 1.82) is 0 Å². The van der Waals surface area contributed by atoms with Crippen molar-refractivity contribution in [1.82, 2.24) is 4.98 Å². The van der Waals surface area contributed by atoms with Gasteiger partial charge in [-0.3, -0.25) is 9.78 Å². The third-order valence-corrected chi connectivity index (χ3v) is 1.19. The number of rotatable bonds is 1. The molecule has 0 saturated carbocycles. The molecule has 0 spiro atoms. The predicted octanol–water partition coefficient (Wildman–Crippen LogP) is 1.60. The highest BCUT2D eigenvalue weighted by atomic mass is 35.5. The van der Waals surface area contributed by atoms with Crippen LogP contribution >= 0.6 is 11.6 Å². The standard InChI is InChI=1S/C6H3ClFNO/c7-6(10)4-1-2-9-3-5(4)8/h1-3H. The van der Waals surface area contributed by atoms with Gasteiger partial charge in [-0.25, -0.2) is 4.39 Å². The highest BCUT2D eigenvalue weighted by molar-refractivity contribution is 6.67. The maximum absolute atomic E-state index is 12.5. The first-order valence-electron chi connectivity index (χ1n) is 2.51. The van der Waals surface area contributed by atoms with Gasteiger partial charge in [0.2, 0.25) is 0 Å². The molecule has 0 aromatic carbocycles. The molecule has 10 heavy (non-hydrogen) atoms. The summed E-state index contributed by atoms with van der Waals surface area (Å²) in [5, 5.41) is -0.806. The molecule has 1 heterocycles. The van der Waals surface area contributed by atoms with Gasteiger partial charge in [-0.15, -0.1) is 0 Å². The van der Waals surface area contributed by atoms with Crippen LogP contribution in [0.25, 0.3) is 0 Å². The smallest absolute Gasteiger partial charge is 0.255 e. The van der Waals surface area contributed by atoms with Crippen LogP contribution in [0.3, 0.4) is 0 Å². The fourth-order valence-corrected chi connectivity index (χ4v) is 0.688. The third-order valence-electron chi connectivity index (χ3n) is 0.984. The van der Waals surface area contributed by atoms with E-state index < -0.39 is 11.1 Å². The molecule has 0 radical (unpaired) electrons. The molecule has 0 saturated heterocycles. The zero-order valence-corrected chi connectivity index (χ0v) is 5.60. The average Bonchev–Trinajstić information content (AvgIpc) is 1.88. The van der Waals surface area contributed by atoms with Crippen LogP contribution in [0.2, 0.25) is 0 Å². The molecule has 1 aromatic rings. The normalized spacial score (nSPS) is 9.40. The quantitative estimate of drug-likeness (QED) is 0.583. The van der Waals surface area contributed by atoms with E-state index in [1.54, 1.807) is 0 Å². The topological polar surface area (TPSA) is 30.0 Å². The summed E-state index contributed by atoms with van der Waals surface area (Å²) in [5.74, 6) is -0.692. The van der Waals surface area contributed by atoms with Crippen LogP contribution in [0.5, 0.6) is 0 Å². The van der Waals surface area contributed by atoms with Crippen molar-refractivity contribution >= 4 is 16.8 Å². The molecular formula is C6H3ClFNO. The highest BCUT2D eigenvalue weighted by Gasteiger charge is 2.06. The van der Waals surface area contributed by atoms with Gasteiger partial charge < -0.3 is 0 Å². The maximum Gasteiger partial charge on any atom is 0.255 e. The molecule has 0 N–H and O–H groups in total. The number of carbonyl (C=O) groups is 1. The lowest BCUT2D eigenvalue weighted by Gasteiger charge is -1.91. The molecule has 1 aromatic heterocycles. The Morgan fingerprint density at radius 1 is 1.70 bits per heavy atom. The summed E-state index contributed by atoms with van der Waals surface area (Å²) >= 11 is 5.00. The predicted molar refractivity (Wildman–Crippen MR) is 34.4 cm³/mol. The Hall–Kier alpha value is -0.960. The Morgan fingerprint density at radius 2 is 2.40 bits per heavy atom. The first-order valence-corrected chi connectivity index (χ1v) is 2.89. The number of aromatic nitrogens is 1. The van der Waals surface area contributed by atoms with Gasteiger partial charge in [0.1, 0.15) is 0 Å². The van der Waals surface area contributed by atoms with E-state index in [9.17, 15) is 9.18 Å². The van der Waals surface area contributed by atoms with E-state index in [-0.39, 0.29) is 5.56 Å². The van der Waals surface area contributed by atoms with Gasteiger partial charge in [-0.2, -0.15) is 0 Å². The Labute approximate surface area is 61.6 Å². The fourth-order valence-electron chi connectivity index (χ4n) is 0.535. The number of carbonyl (C=O) groups excluding carboxylic acids is 1. The van der Waals surface area contributed by atoms with E-state index >= 15 is 0 Å². The Balaban J connectivity index is 3.15. The number of hydrogen-bond donors (Lipinski definition) is 0. The van der Waals surface area contributed by atoms with Crippen LogP contribution < -0.4 is 0 Å². The van der Waals surface area contributed by atoms with Gasteiger partial charge in [-0.05, 0) is 17.7 Å². The summed E-state index contributed by atoms with van der Waals surface area (Å²) in [4.78, 5) is 13.8.